The minimum absolute atomic E-state index is 0.139. The topological polar surface area (TPSA) is 67.2 Å². The molecule has 1 aromatic heterocycles. The van der Waals surface area contributed by atoms with Crippen molar-refractivity contribution in [1.82, 2.24) is 10.3 Å². The van der Waals surface area contributed by atoms with Gasteiger partial charge >= 0.3 is 0 Å². The molecule has 1 heterocycles. The van der Waals surface area contributed by atoms with Gasteiger partial charge in [-0.05, 0) is 56.4 Å². The van der Waals surface area contributed by atoms with Crippen LogP contribution in [0, 0.1) is 19.3 Å². The third-order valence-electron chi connectivity index (χ3n) is 4.02. The highest BCUT2D eigenvalue weighted by Gasteiger charge is 2.22. The van der Waals surface area contributed by atoms with E-state index < -0.39 is 5.41 Å². The molecule has 2 N–H and O–H groups in total. The van der Waals surface area contributed by atoms with E-state index in [0.717, 1.165) is 27.9 Å². The second-order valence-corrected chi connectivity index (χ2v) is 8.14. The molecule has 0 unspecified atom stereocenters. The fourth-order valence-corrected chi connectivity index (χ4v) is 2.89. The maximum absolute atomic E-state index is 12.0. The number of nitrogens with zero attached hydrogens (tertiary/aromatic N) is 1. The zero-order valence-electron chi connectivity index (χ0n) is 16.1. The molecule has 3 rings (SSSR count). The molecule has 140 valence electrons. The largest absolute Gasteiger partial charge is 0.436 e. The minimum atomic E-state index is -0.511. The smallest absolute Gasteiger partial charge is 0.231 e. The third-order valence-corrected chi connectivity index (χ3v) is 4.23. The van der Waals surface area contributed by atoms with E-state index in [2.05, 4.69) is 21.7 Å². The lowest BCUT2D eigenvalue weighted by Gasteiger charge is -2.18. The Labute approximate surface area is 164 Å². The number of benzene rings is 2. The van der Waals surface area contributed by atoms with E-state index in [1.165, 1.54) is 0 Å². The van der Waals surface area contributed by atoms with E-state index in [9.17, 15) is 4.79 Å². The number of oxazole rings is 1. The van der Waals surface area contributed by atoms with Gasteiger partial charge < -0.3 is 15.1 Å². The molecule has 0 spiro atoms. The van der Waals surface area contributed by atoms with E-state index in [-0.39, 0.29) is 11.0 Å². The van der Waals surface area contributed by atoms with Crippen molar-refractivity contribution >= 4 is 40.0 Å². The molecule has 6 heteroatoms. The number of thiocarbonyl (C=S) groups is 1. The van der Waals surface area contributed by atoms with Crippen molar-refractivity contribution in [3.8, 4) is 11.5 Å². The molecule has 0 fully saturated rings. The number of aromatic nitrogens is 1. The Bertz CT molecular complexity index is 1010. The van der Waals surface area contributed by atoms with Gasteiger partial charge in [-0.25, -0.2) is 4.98 Å². The van der Waals surface area contributed by atoms with Crippen LogP contribution in [0.3, 0.4) is 0 Å². The lowest BCUT2D eigenvalue weighted by Crippen LogP contribution is -2.41. The molecule has 27 heavy (non-hydrogen) atoms. The summed E-state index contributed by atoms with van der Waals surface area (Å²) in [5.41, 5.74) is 4.92. The van der Waals surface area contributed by atoms with Crippen LogP contribution in [0.5, 0.6) is 0 Å². The van der Waals surface area contributed by atoms with Crippen LogP contribution in [0.4, 0.5) is 5.69 Å². The van der Waals surface area contributed by atoms with E-state index in [1.807, 2.05) is 65.0 Å². The average molecular weight is 382 g/mol. The van der Waals surface area contributed by atoms with Gasteiger partial charge in [-0.3, -0.25) is 4.79 Å². The van der Waals surface area contributed by atoms with Crippen LogP contribution >= 0.6 is 12.2 Å². The van der Waals surface area contributed by atoms with Gasteiger partial charge in [-0.1, -0.05) is 38.0 Å². The zero-order valence-corrected chi connectivity index (χ0v) is 17.0. The van der Waals surface area contributed by atoms with E-state index >= 15 is 0 Å². The molecule has 0 atom stereocenters. The van der Waals surface area contributed by atoms with Crippen molar-refractivity contribution in [2.45, 2.75) is 34.6 Å². The van der Waals surface area contributed by atoms with Crippen LogP contribution in [-0.2, 0) is 4.79 Å². The van der Waals surface area contributed by atoms with Crippen molar-refractivity contribution in [1.29, 1.82) is 0 Å². The Hall–Kier alpha value is -2.73. The van der Waals surface area contributed by atoms with Gasteiger partial charge in [-0.2, -0.15) is 0 Å². The van der Waals surface area contributed by atoms with Gasteiger partial charge in [0.1, 0.15) is 5.52 Å². The summed E-state index contributed by atoms with van der Waals surface area (Å²) in [6.45, 7) is 9.60. The molecule has 0 saturated carbocycles. The quantitative estimate of drug-likeness (QED) is 0.614. The number of carbonyl (C=O) groups is 1. The van der Waals surface area contributed by atoms with Gasteiger partial charge in [0.05, 0.1) is 0 Å². The average Bonchev–Trinajstić information content (AvgIpc) is 2.96. The maximum atomic E-state index is 12.0. The molecule has 0 aliphatic rings. The Morgan fingerprint density at radius 3 is 2.37 bits per heavy atom. The van der Waals surface area contributed by atoms with Crippen LogP contribution in [0.1, 0.15) is 31.9 Å². The number of amides is 1. The zero-order chi connectivity index (χ0) is 19.8. The third kappa shape index (κ3) is 4.52. The molecule has 0 aliphatic carbocycles. The summed E-state index contributed by atoms with van der Waals surface area (Å²) >= 11 is 5.23. The minimum Gasteiger partial charge on any atom is -0.436 e. The van der Waals surface area contributed by atoms with Gasteiger partial charge in [0.25, 0.3) is 0 Å². The number of rotatable bonds is 2. The van der Waals surface area contributed by atoms with E-state index in [0.29, 0.717) is 11.5 Å². The van der Waals surface area contributed by atoms with E-state index in [4.69, 9.17) is 16.6 Å². The monoisotopic (exact) mass is 381 g/mol. The van der Waals surface area contributed by atoms with Gasteiger partial charge in [0.2, 0.25) is 11.8 Å². The first-order chi connectivity index (χ1) is 12.6. The molecular formula is C21H23N3O2S. The highest BCUT2D eigenvalue weighted by atomic mass is 32.1. The van der Waals surface area contributed by atoms with Crippen LogP contribution in [0.25, 0.3) is 22.6 Å². The van der Waals surface area contributed by atoms with Crippen molar-refractivity contribution in [3.63, 3.8) is 0 Å². The molecule has 1 amide bonds. The summed E-state index contributed by atoms with van der Waals surface area (Å²) in [5, 5.41) is 5.98. The van der Waals surface area contributed by atoms with Gasteiger partial charge in [-0.15, -0.1) is 0 Å². The number of aryl methyl sites for hydroxylation is 2. The second kappa shape index (κ2) is 7.12. The molecule has 2 aromatic carbocycles. The SMILES string of the molecule is Cc1cc(C)cc(-c2nc3cc(NC(=S)NC(=O)C(C)(C)C)ccc3o2)c1. The van der Waals surface area contributed by atoms with Gasteiger partial charge in [0.15, 0.2) is 10.7 Å². The Morgan fingerprint density at radius 1 is 1.07 bits per heavy atom. The first-order valence-corrected chi connectivity index (χ1v) is 9.14. The predicted octanol–water partition coefficient (Wildman–Crippen LogP) is 4.97. The summed E-state index contributed by atoms with van der Waals surface area (Å²) in [7, 11) is 0. The Morgan fingerprint density at radius 2 is 1.74 bits per heavy atom. The highest BCUT2D eigenvalue weighted by molar-refractivity contribution is 7.80. The van der Waals surface area contributed by atoms with Crippen LogP contribution < -0.4 is 10.6 Å². The summed E-state index contributed by atoms with van der Waals surface area (Å²) in [6.07, 6.45) is 0. The summed E-state index contributed by atoms with van der Waals surface area (Å²) in [5.74, 6) is 0.442. The lowest BCUT2D eigenvalue weighted by molar-refractivity contribution is -0.126. The summed E-state index contributed by atoms with van der Waals surface area (Å²) in [6, 6.07) is 11.7. The lowest BCUT2D eigenvalue weighted by atomic mass is 9.96. The first-order valence-electron chi connectivity index (χ1n) is 8.73. The van der Waals surface area contributed by atoms with Crippen molar-refractivity contribution in [3.05, 3.63) is 47.5 Å². The van der Waals surface area contributed by atoms with Gasteiger partial charge in [0, 0.05) is 16.7 Å². The predicted molar refractivity (Wildman–Crippen MR) is 113 cm³/mol. The first kappa shape index (κ1) is 19.0. The van der Waals surface area contributed by atoms with Crippen molar-refractivity contribution < 1.29 is 9.21 Å². The number of carbonyl (C=O) groups excluding carboxylic acids is 1. The Balaban J connectivity index is 1.82. The molecule has 5 nitrogen and oxygen atoms in total. The van der Waals surface area contributed by atoms with Crippen molar-refractivity contribution in [2.24, 2.45) is 5.41 Å². The van der Waals surface area contributed by atoms with E-state index in [1.54, 1.807) is 0 Å². The molecule has 0 radical (unpaired) electrons. The molecule has 3 aromatic rings. The summed E-state index contributed by atoms with van der Waals surface area (Å²) < 4.78 is 5.89. The fraction of sp³-hybridized carbons (Fsp3) is 0.286. The Kier molecular flexibility index (Phi) is 5.02. The van der Waals surface area contributed by atoms with Crippen LogP contribution in [0.15, 0.2) is 40.8 Å². The molecule has 0 bridgehead atoms. The molecular weight excluding hydrogens is 358 g/mol. The van der Waals surface area contributed by atoms with Crippen molar-refractivity contribution in [2.75, 3.05) is 5.32 Å². The standard InChI is InChI=1S/C21H23N3O2S/c1-12-8-13(2)10-14(9-12)18-23-16-11-15(6-7-17(16)26-18)22-20(27)24-19(25)21(3,4)5/h6-11H,1-5H3,(H2,22,24,25,27). The van der Waals surface area contributed by atoms with Crippen LogP contribution in [-0.4, -0.2) is 16.0 Å². The number of nitrogens with one attached hydrogen (secondary N) is 2. The normalized spacial score (nSPS) is 11.4. The second-order valence-electron chi connectivity index (χ2n) is 7.74. The maximum Gasteiger partial charge on any atom is 0.231 e. The number of hydrogen-bond donors (Lipinski definition) is 2. The number of hydrogen-bond acceptors (Lipinski definition) is 4. The fourth-order valence-electron chi connectivity index (χ4n) is 2.68. The number of fused-ring (bicyclic) bond motifs is 1. The molecule has 0 saturated heterocycles. The number of anilines is 1. The molecule has 0 aliphatic heterocycles. The van der Waals surface area contributed by atoms with Crippen LogP contribution in [0.2, 0.25) is 0 Å². The summed E-state index contributed by atoms with van der Waals surface area (Å²) in [4.78, 5) is 16.6. The highest BCUT2D eigenvalue weighted by Crippen LogP contribution is 2.27.